The van der Waals surface area contributed by atoms with Crippen molar-refractivity contribution in [3.8, 4) is 0 Å². The molecule has 0 radical (unpaired) electrons. The number of rotatable bonds is 6. The van der Waals surface area contributed by atoms with Gasteiger partial charge >= 0.3 is 0 Å². The van der Waals surface area contributed by atoms with E-state index in [2.05, 4.69) is 10.2 Å². The zero-order chi connectivity index (χ0) is 22.5. The molecule has 1 saturated heterocycles. The van der Waals surface area contributed by atoms with Gasteiger partial charge in [-0.05, 0) is 63.8 Å². The zero-order valence-electron chi connectivity index (χ0n) is 19.4. The van der Waals surface area contributed by atoms with Gasteiger partial charge in [-0.25, -0.2) is 14.4 Å². The van der Waals surface area contributed by atoms with Crippen LogP contribution < -0.4 is 5.32 Å². The van der Waals surface area contributed by atoms with Crippen molar-refractivity contribution in [3.05, 3.63) is 58.4 Å². The first kappa shape index (κ1) is 22.8. The quantitative estimate of drug-likeness (QED) is 0.716. The second-order valence-electron chi connectivity index (χ2n) is 9.51. The molecular weight excluding hydrogens is 403 g/mol. The number of piperidine rings is 1. The second-order valence-corrected chi connectivity index (χ2v) is 9.51. The van der Waals surface area contributed by atoms with Crippen molar-refractivity contribution >= 4 is 5.91 Å². The highest BCUT2D eigenvalue weighted by Crippen LogP contribution is 2.27. The van der Waals surface area contributed by atoms with Gasteiger partial charge in [-0.15, -0.1) is 0 Å². The first-order chi connectivity index (χ1) is 15.5. The summed E-state index contributed by atoms with van der Waals surface area (Å²) in [4.78, 5) is 24.6. The third kappa shape index (κ3) is 5.91. The maximum absolute atomic E-state index is 13.5. The van der Waals surface area contributed by atoms with Crippen LogP contribution in [-0.2, 0) is 17.8 Å². The Kier molecular flexibility index (Phi) is 7.51. The van der Waals surface area contributed by atoms with E-state index in [0.29, 0.717) is 12.5 Å². The molecule has 0 spiro atoms. The van der Waals surface area contributed by atoms with E-state index in [9.17, 15) is 9.18 Å². The molecule has 1 saturated carbocycles. The molecule has 6 heteroatoms. The number of nitrogens with one attached hydrogen (secondary N) is 1. The van der Waals surface area contributed by atoms with Crippen LogP contribution >= 0.6 is 0 Å². The molecule has 5 nitrogen and oxygen atoms in total. The molecule has 0 unspecified atom stereocenters. The van der Waals surface area contributed by atoms with Gasteiger partial charge in [0, 0.05) is 42.0 Å². The number of halogens is 1. The number of carbonyl (C=O) groups excluding carboxylic acids is 1. The molecule has 1 aliphatic heterocycles. The van der Waals surface area contributed by atoms with Crippen LogP contribution in [0, 0.1) is 19.7 Å². The third-order valence-corrected chi connectivity index (χ3v) is 6.91. The average molecular weight is 439 g/mol. The van der Waals surface area contributed by atoms with Crippen LogP contribution in [0.3, 0.4) is 0 Å². The minimum Gasteiger partial charge on any atom is -0.353 e. The fraction of sp³-hybridized carbons (Fsp3) is 0.577. The second kappa shape index (κ2) is 10.5. The Balaban J connectivity index is 1.39. The standard InChI is InChI=1S/C26H35FN4O/c1-18-24(15-25(32)30-23-11-4-3-5-12-23)19(2)29-26(28-18)21-9-7-13-31(17-21)16-20-8-6-10-22(27)14-20/h6,8,10,14,21,23H,3-5,7,9,11-13,15-17H2,1-2H3,(H,30,32)/t21-/m1/s1. The maximum atomic E-state index is 13.5. The summed E-state index contributed by atoms with van der Waals surface area (Å²) < 4.78 is 13.5. The van der Waals surface area contributed by atoms with Gasteiger partial charge in [0.1, 0.15) is 11.6 Å². The molecule has 1 amide bonds. The topological polar surface area (TPSA) is 58.1 Å². The minimum atomic E-state index is -0.186. The van der Waals surface area contributed by atoms with Gasteiger partial charge in [-0.1, -0.05) is 31.4 Å². The summed E-state index contributed by atoms with van der Waals surface area (Å²) in [5.74, 6) is 1.03. The number of aromatic nitrogens is 2. The molecule has 1 aromatic heterocycles. The lowest BCUT2D eigenvalue weighted by Crippen LogP contribution is -2.37. The van der Waals surface area contributed by atoms with E-state index in [1.54, 1.807) is 12.1 Å². The molecule has 2 fully saturated rings. The summed E-state index contributed by atoms with van der Waals surface area (Å²) in [6.07, 6.45) is 8.36. The lowest BCUT2D eigenvalue weighted by atomic mass is 9.95. The summed E-state index contributed by atoms with van der Waals surface area (Å²) in [6, 6.07) is 7.17. The van der Waals surface area contributed by atoms with Crippen LogP contribution in [0.5, 0.6) is 0 Å². The molecule has 2 aromatic rings. The highest BCUT2D eigenvalue weighted by molar-refractivity contribution is 5.79. The summed E-state index contributed by atoms with van der Waals surface area (Å²) in [6.45, 7) is 6.61. The molecular formula is C26H35FN4O. The van der Waals surface area contributed by atoms with Crippen molar-refractivity contribution in [2.75, 3.05) is 13.1 Å². The molecule has 1 N–H and O–H groups in total. The molecule has 1 atom stereocenters. The highest BCUT2D eigenvalue weighted by atomic mass is 19.1. The Morgan fingerprint density at radius 3 is 2.56 bits per heavy atom. The first-order valence-electron chi connectivity index (χ1n) is 12.1. The van der Waals surface area contributed by atoms with E-state index in [-0.39, 0.29) is 17.6 Å². The van der Waals surface area contributed by atoms with Gasteiger partial charge in [0.25, 0.3) is 0 Å². The number of aryl methyl sites for hydroxylation is 2. The first-order valence-corrected chi connectivity index (χ1v) is 12.1. The van der Waals surface area contributed by atoms with Gasteiger partial charge in [0.05, 0.1) is 6.42 Å². The van der Waals surface area contributed by atoms with Crippen molar-refractivity contribution in [2.45, 2.75) is 83.7 Å². The summed E-state index contributed by atoms with van der Waals surface area (Å²) in [5, 5.41) is 3.20. The van der Waals surface area contributed by atoms with Crippen molar-refractivity contribution in [1.82, 2.24) is 20.2 Å². The monoisotopic (exact) mass is 438 g/mol. The van der Waals surface area contributed by atoms with Crippen LogP contribution in [0.25, 0.3) is 0 Å². The SMILES string of the molecule is Cc1nc([C@@H]2CCCN(Cc3cccc(F)c3)C2)nc(C)c1CC(=O)NC1CCCCC1. The number of nitrogens with zero attached hydrogens (tertiary/aromatic N) is 3. The van der Waals surface area contributed by atoms with E-state index < -0.39 is 0 Å². The van der Waals surface area contributed by atoms with Crippen molar-refractivity contribution in [1.29, 1.82) is 0 Å². The van der Waals surface area contributed by atoms with Crippen molar-refractivity contribution in [3.63, 3.8) is 0 Å². The van der Waals surface area contributed by atoms with E-state index in [0.717, 1.165) is 73.7 Å². The van der Waals surface area contributed by atoms with E-state index in [1.807, 2.05) is 19.9 Å². The summed E-state index contributed by atoms with van der Waals surface area (Å²) in [7, 11) is 0. The maximum Gasteiger partial charge on any atom is 0.224 e. The number of amides is 1. The molecule has 1 aliphatic carbocycles. The molecule has 4 rings (SSSR count). The highest BCUT2D eigenvalue weighted by Gasteiger charge is 2.25. The van der Waals surface area contributed by atoms with Crippen LogP contribution in [0.4, 0.5) is 4.39 Å². The van der Waals surface area contributed by atoms with Crippen LogP contribution in [-0.4, -0.2) is 39.9 Å². The Bertz CT molecular complexity index is 918. The number of likely N-dealkylation sites (tertiary alicyclic amines) is 1. The molecule has 1 aromatic carbocycles. The van der Waals surface area contributed by atoms with Crippen LogP contribution in [0.1, 0.15) is 79.2 Å². The molecule has 32 heavy (non-hydrogen) atoms. The van der Waals surface area contributed by atoms with Crippen molar-refractivity contribution < 1.29 is 9.18 Å². The number of carbonyl (C=O) groups is 1. The average Bonchev–Trinajstić information content (AvgIpc) is 2.77. The molecule has 0 bridgehead atoms. The predicted molar refractivity (Wildman–Crippen MR) is 124 cm³/mol. The largest absolute Gasteiger partial charge is 0.353 e. The number of hydrogen-bond donors (Lipinski definition) is 1. The van der Waals surface area contributed by atoms with Gasteiger partial charge in [-0.3, -0.25) is 9.69 Å². The molecule has 2 aliphatic rings. The fourth-order valence-electron chi connectivity index (χ4n) is 5.19. The Labute approximate surface area is 190 Å². The predicted octanol–water partition coefficient (Wildman–Crippen LogP) is 4.60. The number of hydrogen-bond acceptors (Lipinski definition) is 4. The summed E-state index contributed by atoms with van der Waals surface area (Å²) >= 11 is 0. The van der Waals surface area contributed by atoms with Crippen LogP contribution in [0.15, 0.2) is 24.3 Å². The summed E-state index contributed by atoms with van der Waals surface area (Å²) in [5.41, 5.74) is 3.77. The van der Waals surface area contributed by atoms with Crippen molar-refractivity contribution in [2.24, 2.45) is 0 Å². The van der Waals surface area contributed by atoms with Gasteiger partial charge < -0.3 is 5.32 Å². The molecule has 2 heterocycles. The Hall–Kier alpha value is -2.34. The van der Waals surface area contributed by atoms with Gasteiger partial charge in [0.2, 0.25) is 5.91 Å². The fourth-order valence-corrected chi connectivity index (χ4v) is 5.19. The normalized spacial score (nSPS) is 20.3. The van der Waals surface area contributed by atoms with E-state index in [1.165, 1.54) is 25.3 Å². The third-order valence-electron chi connectivity index (χ3n) is 6.91. The smallest absolute Gasteiger partial charge is 0.224 e. The van der Waals surface area contributed by atoms with Gasteiger partial charge in [-0.2, -0.15) is 0 Å². The number of benzene rings is 1. The molecule has 172 valence electrons. The van der Waals surface area contributed by atoms with E-state index in [4.69, 9.17) is 9.97 Å². The lowest BCUT2D eigenvalue weighted by molar-refractivity contribution is -0.121. The van der Waals surface area contributed by atoms with E-state index >= 15 is 0 Å². The Morgan fingerprint density at radius 2 is 1.84 bits per heavy atom. The Morgan fingerprint density at radius 1 is 1.09 bits per heavy atom. The minimum absolute atomic E-state index is 0.0818. The van der Waals surface area contributed by atoms with Gasteiger partial charge in [0.15, 0.2) is 0 Å². The van der Waals surface area contributed by atoms with Crippen LogP contribution in [0.2, 0.25) is 0 Å². The zero-order valence-corrected chi connectivity index (χ0v) is 19.4. The lowest BCUT2D eigenvalue weighted by Gasteiger charge is -2.32.